The number of nitrogens with zero attached hydrogens (tertiary/aromatic N) is 1. The van der Waals surface area contributed by atoms with Crippen LogP contribution in [0.25, 0.3) is 6.08 Å². The Morgan fingerprint density at radius 1 is 1.38 bits per heavy atom. The van der Waals surface area contributed by atoms with Gasteiger partial charge < -0.3 is 4.74 Å². The summed E-state index contributed by atoms with van der Waals surface area (Å²) in [4.78, 5) is 27.7. The molecule has 2 N–H and O–H groups in total. The first-order valence-electron chi connectivity index (χ1n) is 9.08. The van der Waals surface area contributed by atoms with Crippen molar-refractivity contribution >= 4 is 18.0 Å². The molecule has 2 rings (SSSR count). The summed E-state index contributed by atoms with van der Waals surface area (Å²) in [6, 6.07) is 3.71. The van der Waals surface area contributed by atoms with E-state index in [9.17, 15) is 9.59 Å². The molecule has 0 saturated heterocycles. The van der Waals surface area contributed by atoms with Crippen molar-refractivity contribution in [3.05, 3.63) is 35.7 Å². The third-order valence-corrected chi connectivity index (χ3v) is 4.87. The molecule has 1 aliphatic rings. The van der Waals surface area contributed by atoms with Gasteiger partial charge in [0.2, 0.25) is 0 Å². The summed E-state index contributed by atoms with van der Waals surface area (Å²) in [6.07, 6.45) is 8.98. The van der Waals surface area contributed by atoms with Crippen LogP contribution in [0.5, 0.6) is 0 Å². The van der Waals surface area contributed by atoms with Crippen LogP contribution in [0.2, 0.25) is 0 Å². The first-order valence-corrected chi connectivity index (χ1v) is 9.08. The lowest BCUT2D eigenvalue weighted by molar-refractivity contribution is -0.159. The van der Waals surface area contributed by atoms with Crippen LogP contribution >= 0.6 is 0 Å². The van der Waals surface area contributed by atoms with Gasteiger partial charge in [-0.05, 0) is 69.6 Å². The molecule has 1 heterocycles. The molecule has 142 valence electrons. The maximum absolute atomic E-state index is 12.5. The molecule has 1 aromatic rings. The molecule has 6 heteroatoms. The number of hydrogen-bond acceptors (Lipinski definition) is 5. The second-order valence-electron chi connectivity index (χ2n) is 7.73. The second kappa shape index (κ2) is 8.94. The Bertz CT molecular complexity index is 652. The molecule has 2 atom stereocenters. The van der Waals surface area contributed by atoms with E-state index >= 15 is 0 Å². The molecule has 0 aromatic carbocycles. The van der Waals surface area contributed by atoms with Crippen molar-refractivity contribution in [2.24, 2.45) is 11.3 Å². The lowest BCUT2D eigenvalue weighted by atomic mass is 9.86. The topological polar surface area (TPSA) is 88.5 Å². The number of carbonyl (C=O) groups excluding carboxylic acids is 2. The number of aryl methyl sites for hydroxylation is 1. The monoisotopic (exact) mass is 360 g/mol. The minimum atomic E-state index is -0.604. The Morgan fingerprint density at radius 3 is 2.73 bits per heavy atom. The second-order valence-corrected chi connectivity index (χ2v) is 7.73. The Balaban J connectivity index is 1.85. The van der Waals surface area contributed by atoms with Gasteiger partial charge in [0, 0.05) is 12.3 Å². The van der Waals surface area contributed by atoms with Gasteiger partial charge in [0.25, 0.3) is 5.91 Å². The highest BCUT2D eigenvalue weighted by molar-refractivity contribution is 5.90. The molecule has 0 aliphatic heterocycles. The predicted molar refractivity (Wildman–Crippen MR) is 98.2 cm³/mol. The Labute approximate surface area is 154 Å². The summed E-state index contributed by atoms with van der Waals surface area (Å²) in [7, 11) is 0. The van der Waals surface area contributed by atoms with E-state index in [1.165, 1.54) is 17.6 Å². The van der Waals surface area contributed by atoms with Crippen LogP contribution in [-0.2, 0) is 20.7 Å². The molecular weight excluding hydrogens is 332 g/mol. The summed E-state index contributed by atoms with van der Waals surface area (Å²) in [5, 5.41) is 8.44. The third kappa shape index (κ3) is 5.95. The normalized spacial score (nSPS) is 20.3. The lowest BCUT2D eigenvalue weighted by Crippen LogP contribution is -2.30. The van der Waals surface area contributed by atoms with Gasteiger partial charge >= 0.3 is 5.97 Å². The molecule has 1 saturated carbocycles. The van der Waals surface area contributed by atoms with Crippen LogP contribution in [0.4, 0.5) is 0 Å². The van der Waals surface area contributed by atoms with Gasteiger partial charge in [-0.3, -0.25) is 19.8 Å². The third-order valence-electron chi connectivity index (χ3n) is 4.87. The molecule has 1 amide bonds. The van der Waals surface area contributed by atoms with Crippen molar-refractivity contribution in [3.8, 4) is 0 Å². The summed E-state index contributed by atoms with van der Waals surface area (Å²) in [5.74, 6) is -0.0927. The van der Waals surface area contributed by atoms with Crippen LogP contribution in [0.3, 0.4) is 0 Å². The van der Waals surface area contributed by atoms with Gasteiger partial charge in [0.05, 0.1) is 11.1 Å². The van der Waals surface area contributed by atoms with Crippen LogP contribution in [0, 0.1) is 11.3 Å². The molecule has 1 aliphatic carbocycles. The zero-order valence-corrected chi connectivity index (χ0v) is 15.7. The van der Waals surface area contributed by atoms with E-state index < -0.39 is 11.3 Å². The van der Waals surface area contributed by atoms with E-state index in [4.69, 9.17) is 9.94 Å². The van der Waals surface area contributed by atoms with Gasteiger partial charge in [-0.2, -0.15) is 0 Å². The van der Waals surface area contributed by atoms with Crippen LogP contribution in [-0.4, -0.2) is 28.2 Å². The number of ether oxygens (including phenoxy) is 1. The number of pyridine rings is 1. The van der Waals surface area contributed by atoms with Gasteiger partial charge in [-0.25, -0.2) is 5.48 Å². The number of esters is 1. The standard InChI is InChI=1S/C20H28N2O4/c1-14-4-8-17(12-14)26-19(24)20(2,3)11-10-15-5-6-16(21-13-15)7-9-18(23)22-25/h5-7,9,13-14,17,25H,4,8,10-12H2,1-3H3,(H,22,23)/b9-7+. The minimum absolute atomic E-state index is 0.0700. The highest BCUT2D eigenvalue weighted by Crippen LogP contribution is 2.31. The van der Waals surface area contributed by atoms with E-state index in [0.717, 1.165) is 31.2 Å². The maximum atomic E-state index is 12.5. The SMILES string of the molecule is CC1CCC(OC(=O)C(C)(C)CCc2ccc(/C=C/C(=O)NO)nc2)C1. The highest BCUT2D eigenvalue weighted by Gasteiger charge is 2.33. The molecule has 6 nitrogen and oxygen atoms in total. The van der Waals surface area contributed by atoms with Crippen molar-refractivity contribution in [1.29, 1.82) is 0 Å². The number of hydrogen-bond donors (Lipinski definition) is 2. The summed E-state index contributed by atoms with van der Waals surface area (Å²) < 4.78 is 5.70. The Hall–Kier alpha value is -2.21. The molecule has 26 heavy (non-hydrogen) atoms. The molecule has 0 radical (unpaired) electrons. The average Bonchev–Trinajstić information content (AvgIpc) is 3.03. The average molecular weight is 360 g/mol. The summed E-state index contributed by atoms with van der Waals surface area (Å²) in [5.41, 5.74) is 2.62. The number of amides is 1. The maximum Gasteiger partial charge on any atom is 0.311 e. The van der Waals surface area contributed by atoms with Crippen molar-refractivity contribution in [2.75, 3.05) is 0 Å². The zero-order chi connectivity index (χ0) is 19.2. The molecule has 0 bridgehead atoms. The molecule has 1 fully saturated rings. The largest absolute Gasteiger partial charge is 0.462 e. The first-order chi connectivity index (χ1) is 12.3. The van der Waals surface area contributed by atoms with Crippen LogP contribution < -0.4 is 5.48 Å². The first kappa shape index (κ1) is 20.1. The highest BCUT2D eigenvalue weighted by atomic mass is 16.5. The van der Waals surface area contributed by atoms with Crippen molar-refractivity contribution in [1.82, 2.24) is 10.5 Å². The molecule has 0 spiro atoms. The number of nitrogens with one attached hydrogen (secondary N) is 1. The number of hydroxylamine groups is 1. The number of rotatable bonds is 7. The predicted octanol–water partition coefficient (Wildman–Crippen LogP) is 3.29. The fourth-order valence-electron chi connectivity index (χ4n) is 3.01. The van der Waals surface area contributed by atoms with Gasteiger partial charge in [0.15, 0.2) is 0 Å². The van der Waals surface area contributed by atoms with Crippen molar-refractivity contribution < 1.29 is 19.5 Å². The summed E-state index contributed by atoms with van der Waals surface area (Å²) in [6.45, 7) is 6.04. The van der Waals surface area contributed by atoms with E-state index in [1.807, 2.05) is 19.9 Å². The zero-order valence-electron chi connectivity index (χ0n) is 15.7. The fourth-order valence-corrected chi connectivity index (χ4v) is 3.01. The molecular formula is C20H28N2O4. The number of carbonyl (C=O) groups is 2. The quantitative estimate of drug-likeness (QED) is 0.337. The summed E-state index contributed by atoms with van der Waals surface area (Å²) >= 11 is 0. The number of aromatic nitrogens is 1. The minimum Gasteiger partial charge on any atom is -0.462 e. The van der Waals surface area contributed by atoms with Gasteiger partial charge in [-0.15, -0.1) is 0 Å². The van der Waals surface area contributed by atoms with Crippen molar-refractivity contribution in [2.45, 2.75) is 59.0 Å². The van der Waals surface area contributed by atoms with Crippen LogP contribution in [0.1, 0.15) is 57.7 Å². The smallest absolute Gasteiger partial charge is 0.311 e. The van der Waals surface area contributed by atoms with Gasteiger partial charge in [0.1, 0.15) is 6.10 Å². The van der Waals surface area contributed by atoms with Crippen molar-refractivity contribution in [3.63, 3.8) is 0 Å². The Morgan fingerprint density at radius 2 is 2.15 bits per heavy atom. The van der Waals surface area contributed by atoms with Gasteiger partial charge in [-0.1, -0.05) is 13.0 Å². The van der Waals surface area contributed by atoms with E-state index in [0.29, 0.717) is 18.0 Å². The fraction of sp³-hybridized carbons (Fsp3) is 0.550. The Kier molecular flexibility index (Phi) is 6.91. The molecule has 2 unspecified atom stereocenters. The lowest BCUT2D eigenvalue weighted by Gasteiger charge is -2.25. The molecule has 1 aromatic heterocycles. The van der Waals surface area contributed by atoms with E-state index in [2.05, 4.69) is 11.9 Å². The van der Waals surface area contributed by atoms with Crippen LogP contribution in [0.15, 0.2) is 24.4 Å². The van der Waals surface area contributed by atoms with E-state index in [-0.39, 0.29) is 12.1 Å². The van der Waals surface area contributed by atoms with E-state index in [1.54, 1.807) is 12.3 Å².